The maximum absolute atomic E-state index is 11.7. The Hall–Kier alpha value is -2.01. The number of anilines is 1. The van der Waals surface area contributed by atoms with Crippen LogP contribution in [0.2, 0.25) is 15.1 Å². The number of nitrogens with one attached hydrogen (secondary N) is 1. The number of hydrogen-bond acceptors (Lipinski definition) is 3. The van der Waals surface area contributed by atoms with Gasteiger partial charge in [0.2, 0.25) is 0 Å². The fourth-order valence-electron chi connectivity index (χ4n) is 1.71. The molecule has 0 bridgehead atoms. The first-order valence-electron chi connectivity index (χ1n) is 6.80. The van der Waals surface area contributed by atoms with Gasteiger partial charge in [0.15, 0.2) is 6.61 Å². The normalized spacial score (nSPS) is 10.6. The van der Waals surface area contributed by atoms with E-state index < -0.39 is 18.5 Å². The monoisotopic (exact) mass is 383 g/mol. The molecule has 0 fully saturated rings. The van der Waals surface area contributed by atoms with E-state index in [-0.39, 0.29) is 0 Å². The molecule has 0 aliphatic carbocycles. The molecule has 4 nitrogen and oxygen atoms in total. The van der Waals surface area contributed by atoms with Gasteiger partial charge in [0.05, 0.1) is 20.8 Å². The third-order valence-corrected chi connectivity index (χ3v) is 3.92. The maximum Gasteiger partial charge on any atom is 0.331 e. The Balaban J connectivity index is 1.84. The molecule has 2 aromatic carbocycles. The molecule has 0 atom stereocenters. The Morgan fingerprint density at radius 3 is 2.46 bits per heavy atom. The largest absolute Gasteiger partial charge is 0.452 e. The van der Waals surface area contributed by atoms with Gasteiger partial charge < -0.3 is 10.1 Å². The molecular formula is C17H12Cl3NO3. The summed E-state index contributed by atoms with van der Waals surface area (Å²) in [6.07, 6.45) is 2.71. The van der Waals surface area contributed by atoms with Crippen LogP contribution in [0.3, 0.4) is 0 Å². The smallest absolute Gasteiger partial charge is 0.331 e. The highest BCUT2D eigenvalue weighted by Gasteiger charge is 2.07. The van der Waals surface area contributed by atoms with E-state index in [2.05, 4.69) is 5.32 Å². The van der Waals surface area contributed by atoms with E-state index in [0.717, 1.165) is 0 Å². The quantitative estimate of drug-likeness (QED) is 0.592. The Morgan fingerprint density at radius 2 is 1.75 bits per heavy atom. The van der Waals surface area contributed by atoms with Crippen LogP contribution in [0.4, 0.5) is 5.69 Å². The predicted molar refractivity (Wildman–Crippen MR) is 96.5 cm³/mol. The predicted octanol–water partition coefficient (Wildman–Crippen LogP) is 4.84. The van der Waals surface area contributed by atoms with Gasteiger partial charge in [-0.05, 0) is 35.9 Å². The molecule has 0 aliphatic rings. The Morgan fingerprint density at radius 1 is 1.00 bits per heavy atom. The van der Waals surface area contributed by atoms with Crippen LogP contribution >= 0.6 is 34.8 Å². The van der Waals surface area contributed by atoms with E-state index in [9.17, 15) is 9.59 Å². The van der Waals surface area contributed by atoms with Crippen molar-refractivity contribution in [3.63, 3.8) is 0 Å². The summed E-state index contributed by atoms with van der Waals surface area (Å²) in [4.78, 5) is 23.3. The van der Waals surface area contributed by atoms with Crippen LogP contribution in [0.1, 0.15) is 5.56 Å². The SMILES string of the molecule is O=C(COC(=O)/C=C\c1ccc(Cl)c(Cl)c1)Nc1ccccc1Cl. The minimum absolute atomic E-state index is 0.381. The first-order chi connectivity index (χ1) is 11.5. The second-order valence-corrected chi connectivity index (χ2v) is 5.86. The molecule has 0 saturated carbocycles. The number of amides is 1. The minimum Gasteiger partial charge on any atom is -0.452 e. The van der Waals surface area contributed by atoms with Crippen molar-refractivity contribution in [2.75, 3.05) is 11.9 Å². The van der Waals surface area contributed by atoms with E-state index >= 15 is 0 Å². The number of carbonyl (C=O) groups excluding carboxylic acids is 2. The number of rotatable bonds is 5. The standard InChI is InChI=1S/C17H12Cl3NO3/c18-12-7-5-11(9-14(12)20)6-8-17(23)24-10-16(22)21-15-4-2-1-3-13(15)19/h1-9H,10H2,(H,21,22)/b8-6-. The Bertz CT molecular complexity index is 790. The number of ether oxygens (including phenoxy) is 1. The molecule has 2 rings (SSSR count). The highest BCUT2D eigenvalue weighted by molar-refractivity contribution is 6.42. The van der Waals surface area contributed by atoms with Crippen molar-refractivity contribution < 1.29 is 14.3 Å². The van der Waals surface area contributed by atoms with Gasteiger partial charge in [-0.1, -0.05) is 53.0 Å². The maximum atomic E-state index is 11.7. The van der Waals surface area contributed by atoms with E-state index in [0.29, 0.717) is 26.3 Å². The summed E-state index contributed by atoms with van der Waals surface area (Å²) in [6, 6.07) is 11.7. The lowest BCUT2D eigenvalue weighted by molar-refractivity contribution is -0.142. The fraction of sp³-hybridized carbons (Fsp3) is 0.0588. The number of benzene rings is 2. The zero-order valence-electron chi connectivity index (χ0n) is 12.3. The molecule has 124 valence electrons. The van der Waals surface area contributed by atoms with Crippen molar-refractivity contribution in [2.24, 2.45) is 0 Å². The van der Waals surface area contributed by atoms with Crippen molar-refractivity contribution in [3.05, 3.63) is 69.2 Å². The van der Waals surface area contributed by atoms with Gasteiger partial charge >= 0.3 is 5.97 Å². The highest BCUT2D eigenvalue weighted by Crippen LogP contribution is 2.23. The molecule has 2 aromatic rings. The summed E-state index contributed by atoms with van der Waals surface area (Å²) >= 11 is 17.6. The molecule has 0 aromatic heterocycles. The zero-order chi connectivity index (χ0) is 17.5. The average molecular weight is 385 g/mol. The van der Waals surface area contributed by atoms with Crippen LogP contribution in [-0.4, -0.2) is 18.5 Å². The highest BCUT2D eigenvalue weighted by atomic mass is 35.5. The summed E-state index contributed by atoms with van der Waals surface area (Å²) in [5, 5.41) is 3.75. The second kappa shape index (κ2) is 8.73. The number of carbonyl (C=O) groups is 2. The molecule has 0 aliphatic heterocycles. The minimum atomic E-state index is -0.657. The van der Waals surface area contributed by atoms with Crippen molar-refractivity contribution in [3.8, 4) is 0 Å². The van der Waals surface area contributed by atoms with Gasteiger partial charge in [-0.2, -0.15) is 0 Å². The summed E-state index contributed by atoms with van der Waals surface area (Å²) in [7, 11) is 0. The van der Waals surface area contributed by atoms with Crippen LogP contribution in [0.15, 0.2) is 48.5 Å². The fourth-order valence-corrected chi connectivity index (χ4v) is 2.20. The summed E-state index contributed by atoms with van der Waals surface area (Å²) < 4.78 is 4.85. The summed E-state index contributed by atoms with van der Waals surface area (Å²) in [5.41, 5.74) is 1.13. The summed E-state index contributed by atoms with van der Waals surface area (Å²) in [6.45, 7) is -0.421. The zero-order valence-corrected chi connectivity index (χ0v) is 14.5. The van der Waals surface area contributed by atoms with Crippen LogP contribution in [-0.2, 0) is 14.3 Å². The van der Waals surface area contributed by atoms with Crippen LogP contribution in [0.5, 0.6) is 0 Å². The molecule has 0 unspecified atom stereocenters. The number of para-hydroxylation sites is 1. The topological polar surface area (TPSA) is 55.4 Å². The first kappa shape index (κ1) is 18.3. The lowest BCUT2D eigenvalue weighted by Gasteiger charge is -2.06. The number of halogens is 3. The lowest BCUT2D eigenvalue weighted by atomic mass is 10.2. The second-order valence-electron chi connectivity index (χ2n) is 4.64. The third-order valence-electron chi connectivity index (χ3n) is 2.85. The molecule has 1 amide bonds. The Kier molecular flexibility index (Phi) is 6.67. The van der Waals surface area contributed by atoms with Gasteiger partial charge in [0, 0.05) is 6.08 Å². The van der Waals surface area contributed by atoms with Crippen molar-refractivity contribution in [1.29, 1.82) is 0 Å². The molecule has 0 heterocycles. The van der Waals surface area contributed by atoms with Gasteiger partial charge in [-0.3, -0.25) is 4.79 Å². The molecule has 0 radical (unpaired) electrons. The lowest BCUT2D eigenvalue weighted by Crippen LogP contribution is -2.20. The van der Waals surface area contributed by atoms with E-state index in [1.807, 2.05) is 0 Å². The van der Waals surface area contributed by atoms with Gasteiger partial charge in [-0.15, -0.1) is 0 Å². The molecule has 7 heteroatoms. The van der Waals surface area contributed by atoms with Crippen LogP contribution in [0, 0.1) is 0 Å². The molecule has 0 spiro atoms. The van der Waals surface area contributed by atoms with Crippen LogP contribution < -0.4 is 5.32 Å². The van der Waals surface area contributed by atoms with Crippen molar-refractivity contribution in [2.45, 2.75) is 0 Å². The average Bonchev–Trinajstić information content (AvgIpc) is 2.56. The Labute approximate surface area is 154 Å². The molecular weight excluding hydrogens is 373 g/mol. The molecule has 1 N–H and O–H groups in total. The van der Waals surface area contributed by atoms with E-state index in [1.165, 1.54) is 12.2 Å². The number of hydrogen-bond donors (Lipinski definition) is 1. The summed E-state index contributed by atoms with van der Waals surface area (Å²) in [5.74, 6) is -1.14. The van der Waals surface area contributed by atoms with Crippen molar-refractivity contribution in [1.82, 2.24) is 0 Å². The molecule has 24 heavy (non-hydrogen) atoms. The van der Waals surface area contributed by atoms with Crippen LogP contribution in [0.25, 0.3) is 6.08 Å². The van der Waals surface area contributed by atoms with E-state index in [4.69, 9.17) is 39.5 Å². The van der Waals surface area contributed by atoms with Gasteiger partial charge in [0.25, 0.3) is 5.91 Å². The first-order valence-corrected chi connectivity index (χ1v) is 7.93. The van der Waals surface area contributed by atoms with Crippen molar-refractivity contribution >= 4 is 58.4 Å². The number of esters is 1. The third kappa shape index (κ3) is 5.57. The van der Waals surface area contributed by atoms with Gasteiger partial charge in [0.1, 0.15) is 0 Å². The van der Waals surface area contributed by atoms with Gasteiger partial charge in [-0.25, -0.2) is 4.79 Å². The molecule has 0 saturated heterocycles. The van der Waals surface area contributed by atoms with E-state index in [1.54, 1.807) is 42.5 Å².